The Bertz CT molecular complexity index is 927. The lowest BCUT2D eigenvalue weighted by Crippen LogP contribution is -2.30. The molecule has 0 bridgehead atoms. The zero-order valence-corrected chi connectivity index (χ0v) is 16.1. The lowest BCUT2D eigenvalue weighted by molar-refractivity contribution is 0.358. The van der Waals surface area contributed by atoms with E-state index >= 15 is 0 Å². The van der Waals surface area contributed by atoms with Gasteiger partial charge in [0, 0.05) is 17.2 Å². The molecule has 8 heteroatoms. The van der Waals surface area contributed by atoms with E-state index < -0.39 is 10.0 Å². The van der Waals surface area contributed by atoms with Crippen molar-refractivity contribution >= 4 is 37.6 Å². The van der Waals surface area contributed by atoms with Gasteiger partial charge >= 0.3 is 0 Å². The third-order valence-corrected chi connectivity index (χ3v) is 6.05. The molecular formula is C17H14BrClN2O3S. The van der Waals surface area contributed by atoms with Gasteiger partial charge in [0.05, 0.1) is 12.8 Å². The normalized spacial score (nSPS) is 11.8. The van der Waals surface area contributed by atoms with Crippen molar-refractivity contribution < 1.29 is 12.8 Å². The molecule has 2 heterocycles. The molecular weight excluding hydrogens is 428 g/mol. The first-order chi connectivity index (χ1) is 11.9. The summed E-state index contributed by atoms with van der Waals surface area (Å²) in [6.45, 7) is 0.326. The van der Waals surface area contributed by atoms with Gasteiger partial charge in [0.2, 0.25) is 10.0 Å². The van der Waals surface area contributed by atoms with Crippen molar-refractivity contribution in [2.45, 2.75) is 18.0 Å². The van der Waals surface area contributed by atoms with Crippen molar-refractivity contribution in [1.82, 2.24) is 9.29 Å². The molecule has 0 N–H and O–H groups in total. The third kappa shape index (κ3) is 4.49. The van der Waals surface area contributed by atoms with Gasteiger partial charge in [0.25, 0.3) is 0 Å². The minimum absolute atomic E-state index is 0.0839. The summed E-state index contributed by atoms with van der Waals surface area (Å²) in [5.74, 6) is 0.558. The Balaban J connectivity index is 1.94. The van der Waals surface area contributed by atoms with E-state index in [-0.39, 0.29) is 23.1 Å². The van der Waals surface area contributed by atoms with E-state index in [9.17, 15) is 8.42 Å². The fraction of sp³-hybridized carbons (Fsp3) is 0.118. The molecule has 3 rings (SSSR count). The predicted molar refractivity (Wildman–Crippen MR) is 98.5 cm³/mol. The molecule has 0 saturated carbocycles. The van der Waals surface area contributed by atoms with Gasteiger partial charge in [-0.15, -0.1) is 0 Å². The van der Waals surface area contributed by atoms with Gasteiger partial charge in [-0.2, -0.15) is 4.31 Å². The zero-order valence-electron chi connectivity index (χ0n) is 13.0. The Morgan fingerprint density at radius 3 is 2.44 bits per heavy atom. The number of nitrogens with zero attached hydrogens (tertiary/aromatic N) is 2. The molecule has 2 aromatic heterocycles. The van der Waals surface area contributed by atoms with Crippen LogP contribution in [-0.4, -0.2) is 17.7 Å². The number of aromatic nitrogens is 1. The Morgan fingerprint density at radius 1 is 1.08 bits per heavy atom. The highest BCUT2D eigenvalue weighted by Crippen LogP contribution is 2.22. The van der Waals surface area contributed by atoms with Crippen molar-refractivity contribution in [3.05, 3.63) is 81.9 Å². The molecule has 25 heavy (non-hydrogen) atoms. The Hall–Kier alpha value is -1.67. The molecule has 0 aliphatic heterocycles. The number of benzene rings is 1. The minimum Gasteiger partial charge on any atom is -0.468 e. The van der Waals surface area contributed by atoms with Crippen LogP contribution in [0.1, 0.15) is 11.3 Å². The number of furan rings is 1. The number of rotatable bonds is 6. The van der Waals surface area contributed by atoms with Crippen molar-refractivity contribution in [1.29, 1.82) is 0 Å². The average Bonchev–Trinajstić information content (AvgIpc) is 3.10. The third-order valence-electron chi connectivity index (χ3n) is 3.52. The summed E-state index contributed by atoms with van der Waals surface area (Å²) in [4.78, 5) is 3.96. The molecule has 0 aliphatic rings. The Labute approximate surface area is 159 Å². The molecule has 0 aliphatic carbocycles. The SMILES string of the molecule is O=S(=O)(c1ccc(Cl)nc1)N(Cc1ccc(Br)cc1)Cc1ccco1. The smallest absolute Gasteiger partial charge is 0.245 e. The molecule has 130 valence electrons. The first-order valence-electron chi connectivity index (χ1n) is 7.34. The standard InChI is InChI=1S/C17H14BrClN2O3S/c18-14-5-3-13(4-6-14)11-21(12-15-2-1-9-24-15)25(22,23)16-7-8-17(19)20-10-16/h1-10H,11-12H2. The number of pyridine rings is 1. The van der Waals surface area contributed by atoms with Crippen molar-refractivity contribution in [2.24, 2.45) is 0 Å². The molecule has 0 saturated heterocycles. The molecule has 0 amide bonds. The summed E-state index contributed by atoms with van der Waals surface area (Å²) in [5, 5.41) is 0.240. The van der Waals surface area contributed by atoms with Crippen LogP contribution in [0, 0.1) is 0 Å². The summed E-state index contributed by atoms with van der Waals surface area (Å²) in [5.41, 5.74) is 0.861. The summed E-state index contributed by atoms with van der Waals surface area (Å²) in [7, 11) is -3.76. The van der Waals surface area contributed by atoms with Gasteiger partial charge in [-0.05, 0) is 42.0 Å². The van der Waals surface area contributed by atoms with Crippen LogP contribution in [0.25, 0.3) is 0 Å². The van der Waals surface area contributed by atoms with E-state index in [0.29, 0.717) is 5.76 Å². The predicted octanol–water partition coefficient (Wildman–Crippen LogP) is 4.48. The maximum atomic E-state index is 13.0. The monoisotopic (exact) mass is 440 g/mol. The highest BCUT2D eigenvalue weighted by Gasteiger charge is 2.26. The number of hydrogen-bond acceptors (Lipinski definition) is 4. The number of hydrogen-bond donors (Lipinski definition) is 0. The van der Waals surface area contributed by atoms with Crippen LogP contribution in [0.15, 0.2) is 74.8 Å². The molecule has 5 nitrogen and oxygen atoms in total. The lowest BCUT2D eigenvalue weighted by atomic mass is 10.2. The molecule has 0 fully saturated rings. The van der Waals surface area contributed by atoms with E-state index in [1.165, 1.54) is 28.9 Å². The first kappa shape index (κ1) is 18.1. The fourth-order valence-corrected chi connectivity index (χ4v) is 3.98. The van der Waals surface area contributed by atoms with Gasteiger partial charge < -0.3 is 4.42 Å². The maximum Gasteiger partial charge on any atom is 0.245 e. The highest BCUT2D eigenvalue weighted by atomic mass is 79.9. The van der Waals surface area contributed by atoms with Crippen molar-refractivity contribution in [3.63, 3.8) is 0 Å². The largest absolute Gasteiger partial charge is 0.468 e. The van der Waals surface area contributed by atoms with E-state index in [0.717, 1.165) is 10.0 Å². The first-order valence-corrected chi connectivity index (χ1v) is 9.95. The van der Waals surface area contributed by atoms with Crippen LogP contribution >= 0.6 is 27.5 Å². The maximum absolute atomic E-state index is 13.0. The molecule has 3 aromatic rings. The molecule has 1 aromatic carbocycles. The lowest BCUT2D eigenvalue weighted by Gasteiger charge is -2.21. The van der Waals surface area contributed by atoms with Gasteiger partial charge in [-0.3, -0.25) is 0 Å². The molecule has 0 unspecified atom stereocenters. The van der Waals surface area contributed by atoms with Gasteiger partial charge in [0.1, 0.15) is 15.8 Å². The minimum atomic E-state index is -3.76. The number of sulfonamides is 1. The summed E-state index contributed by atoms with van der Waals surface area (Å²) >= 11 is 9.14. The molecule has 0 radical (unpaired) electrons. The van der Waals surface area contributed by atoms with Crippen LogP contribution in [0.4, 0.5) is 0 Å². The van der Waals surface area contributed by atoms with Crippen LogP contribution in [0.5, 0.6) is 0 Å². The topological polar surface area (TPSA) is 63.4 Å². The van der Waals surface area contributed by atoms with Crippen molar-refractivity contribution in [3.8, 4) is 0 Å². The van der Waals surface area contributed by atoms with Crippen LogP contribution in [-0.2, 0) is 23.1 Å². The average molecular weight is 442 g/mol. The zero-order chi connectivity index (χ0) is 17.9. The van der Waals surface area contributed by atoms with Crippen molar-refractivity contribution in [2.75, 3.05) is 0 Å². The Morgan fingerprint density at radius 2 is 1.84 bits per heavy atom. The Kier molecular flexibility index (Phi) is 5.58. The van der Waals surface area contributed by atoms with E-state index in [1.54, 1.807) is 12.1 Å². The fourth-order valence-electron chi connectivity index (χ4n) is 2.26. The second-order valence-corrected chi connectivity index (χ2v) is 8.54. The molecule has 0 spiro atoms. The van der Waals surface area contributed by atoms with E-state index in [2.05, 4.69) is 20.9 Å². The summed E-state index contributed by atoms with van der Waals surface area (Å²) in [6, 6.07) is 13.9. The van der Waals surface area contributed by atoms with Gasteiger partial charge in [-0.25, -0.2) is 13.4 Å². The van der Waals surface area contributed by atoms with E-state index in [1.807, 2.05) is 24.3 Å². The van der Waals surface area contributed by atoms with Crippen LogP contribution < -0.4 is 0 Å². The second-order valence-electron chi connectivity index (χ2n) is 5.30. The van der Waals surface area contributed by atoms with Crippen LogP contribution in [0.2, 0.25) is 5.15 Å². The van der Waals surface area contributed by atoms with Gasteiger partial charge in [-0.1, -0.05) is 39.7 Å². The van der Waals surface area contributed by atoms with Crippen LogP contribution in [0.3, 0.4) is 0 Å². The summed E-state index contributed by atoms with van der Waals surface area (Å²) in [6.07, 6.45) is 2.78. The van der Waals surface area contributed by atoms with E-state index in [4.69, 9.17) is 16.0 Å². The van der Waals surface area contributed by atoms with Gasteiger partial charge in [0.15, 0.2) is 0 Å². The summed E-state index contributed by atoms with van der Waals surface area (Å²) < 4.78 is 33.7. The molecule has 0 atom stereocenters. The highest BCUT2D eigenvalue weighted by molar-refractivity contribution is 9.10. The number of halogens is 2. The quantitative estimate of drug-likeness (QED) is 0.529. The second kappa shape index (κ2) is 7.70.